The predicted octanol–water partition coefficient (Wildman–Crippen LogP) is 4.10. The summed E-state index contributed by atoms with van der Waals surface area (Å²) in [7, 11) is 0. The molecule has 0 radical (unpaired) electrons. The molecule has 0 heterocycles. The summed E-state index contributed by atoms with van der Waals surface area (Å²) in [5.41, 5.74) is 2.81. The molecule has 0 bridgehead atoms. The van der Waals surface area contributed by atoms with E-state index < -0.39 is 0 Å². The smallest absolute Gasteiger partial charge is 0.00669 e. The SMILES string of the molecule is CCCC(CCC)NCCc1cccc(C)c1. The number of hydrogen-bond donors (Lipinski definition) is 1. The van der Waals surface area contributed by atoms with Gasteiger partial charge in [-0.05, 0) is 38.3 Å². The van der Waals surface area contributed by atoms with Crippen LogP contribution in [-0.2, 0) is 6.42 Å². The van der Waals surface area contributed by atoms with Crippen LogP contribution in [-0.4, -0.2) is 12.6 Å². The largest absolute Gasteiger partial charge is 0.314 e. The van der Waals surface area contributed by atoms with Crippen LogP contribution in [0.15, 0.2) is 24.3 Å². The van der Waals surface area contributed by atoms with E-state index in [1.54, 1.807) is 0 Å². The maximum absolute atomic E-state index is 3.69. The molecule has 1 nitrogen and oxygen atoms in total. The molecule has 0 amide bonds. The highest BCUT2D eigenvalue weighted by atomic mass is 14.9. The highest BCUT2D eigenvalue weighted by molar-refractivity contribution is 5.22. The van der Waals surface area contributed by atoms with E-state index in [1.807, 2.05) is 0 Å². The van der Waals surface area contributed by atoms with Gasteiger partial charge < -0.3 is 5.32 Å². The first-order valence-electron chi connectivity index (χ1n) is 7.05. The van der Waals surface area contributed by atoms with Crippen LogP contribution in [0.25, 0.3) is 0 Å². The van der Waals surface area contributed by atoms with Crippen molar-refractivity contribution in [1.82, 2.24) is 5.32 Å². The van der Waals surface area contributed by atoms with Crippen molar-refractivity contribution in [3.05, 3.63) is 35.4 Å². The zero-order valence-electron chi connectivity index (χ0n) is 11.6. The van der Waals surface area contributed by atoms with Crippen LogP contribution in [0.2, 0.25) is 0 Å². The van der Waals surface area contributed by atoms with Gasteiger partial charge in [0.05, 0.1) is 0 Å². The van der Waals surface area contributed by atoms with E-state index in [1.165, 1.54) is 36.8 Å². The molecule has 96 valence electrons. The Morgan fingerprint density at radius 3 is 2.41 bits per heavy atom. The molecule has 0 saturated heterocycles. The fraction of sp³-hybridized carbons (Fsp3) is 0.625. The van der Waals surface area contributed by atoms with E-state index in [4.69, 9.17) is 0 Å². The monoisotopic (exact) mass is 233 g/mol. The predicted molar refractivity (Wildman–Crippen MR) is 76.5 cm³/mol. The molecule has 1 aromatic rings. The van der Waals surface area contributed by atoms with E-state index >= 15 is 0 Å². The molecule has 0 aromatic heterocycles. The molecule has 1 N–H and O–H groups in total. The van der Waals surface area contributed by atoms with Gasteiger partial charge in [-0.3, -0.25) is 0 Å². The summed E-state index contributed by atoms with van der Waals surface area (Å²) in [5.74, 6) is 0. The second-order valence-electron chi connectivity index (χ2n) is 4.97. The lowest BCUT2D eigenvalue weighted by Crippen LogP contribution is -2.30. The molecule has 1 heteroatoms. The van der Waals surface area contributed by atoms with Crippen molar-refractivity contribution in [2.24, 2.45) is 0 Å². The van der Waals surface area contributed by atoms with Crippen molar-refractivity contribution in [3.63, 3.8) is 0 Å². The van der Waals surface area contributed by atoms with Gasteiger partial charge >= 0.3 is 0 Å². The number of benzene rings is 1. The standard InChI is InChI=1S/C16H27N/c1-4-7-16(8-5-2)17-12-11-15-10-6-9-14(3)13-15/h6,9-10,13,16-17H,4-5,7-8,11-12H2,1-3H3. The molecule has 0 atom stereocenters. The average molecular weight is 233 g/mol. The maximum atomic E-state index is 3.69. The molecule has 0 aliphatic carbocycles. The van der Waals surface area contributed by atoms with Gasteiger partial charge in [-0.15, -0.1) is 0 Å². The fourth-order valence-electron chi connectivity index (χ4n) is 2.33. The Morgan fingerprint density at radius 2 is 1.82 bits per heavy atom. The fourth-order valence-corrected chi connectivity index (χ4v) is 2.33. The third-order valence-electron chi connectivity index (χ3n) is 3.20. The van der Waals surface area contributed by atoms with Gasteiger partial charge in [-0.1, -0.05) is 56.5 Å². The molecule has 1 aromatic carbocycles. The number of nitrogens with one attached hydrogen (secondary N) is 1. The third kappa shape index (κ3) is 5.88. The number of hydrogen-bond acceptors (Lipinski definition) is 1. The summed E-state index contributed by atoms with van der Waals surface area (Å²) in [4.78, 5) is 0. The molecule has 1 rings (SSSR count). The Hall–Kier alpha value is -0.820. The van der Waals surface area contributed by atoms with Crippen LogP contribution in [0.1, 0.15) is 50.7 Å². The van der Waals surface area contributed by atoms with E-state index in [0.717, 1.165) is 19.0 Å². The summed E-state index contributed by atoms with van der Waals surface area (Å²) in [6.07, 6.45) is 6.32. The average Bonchev–Trinajstić information content (AvgIpc) is 2.30. The first-order chi connectivity index (χ1) is 8.26. The van der Waals surface area contributed by atoms with Gasteiger partial charge in [-0.2, -0.15) is 0 Å². The van der Waals surface area contributed by atoms with Gasteiger partial charge in [0.25, 0.3) is 0 Å². The topological polar surface area (TPSA) is 12.0 Å². The molecule has 0 unspecified atom stereocenters. The van der Waals surface area contributed by atoms with Crippen molar-refractivity contribution in [1.29, 1.82) is 0 Å². The van der Waals surface area contributed by atoms with Crippen LogP contribution < -0.4 is 5.32 Å². The minimum atomic E-state index is 0.717. The van der Waals surface area contributed by atoms with E-state index in [2.05, 4.69) is 50.4 Å². The van der Waals surface area contributed by atoms with Gasteiger partial charge in [0.1, 0.15) is 0 Å². The zero-order valence-corrected chi connectivity index (χ0v) is 11.6. The van der Waals surface area contributed by atoms with E-state index in [9.17, 15) is 0 Å². The molecule has 0 aliphatic rings. The minimum absolute atomic E-state index is 0.717. The molecular formula is C16H27N. The minimum Gasteiger partial charge on any atom is -0.314 e. The van der Waals surface area contributed by atoms with Crippen molar-refractivity contribution >= 4 is 0 Å². The number of rotatable bonds is 8. The first kappa shape index (κ1) is 14.2. The van der Waals surface area contributed by atoms with Crippen LogP contribution >= 0.6 is 0 Å². The van der Waals surface area contributed by atoms with Gasteiger partial charge in [0, 0.05) is 6.04 Å². The molecule has 0 spiro atoms. The second kappa shape index (κ2) is 8.30. The van der Waals surface area contributed by atoms with Crippen molar-refractivity contribution in [2.45, 2.75) is 58.9 Å². The van der Waals surface area contributed by atoms with Gasteiger partial charge in [0.2, 0.25) is 0 Å². The zero-order chi connectivity index (χ0) is 12.5. The Balaban J connectivity index is 2.30. The first-order valence-corrected chi connectivity index (χ1v) is 7.05. The summed E-state index contributed by atoms with van der Waals surface area (Å²) in [5, 5.41) is 3.69. The normalized spacial score (nSPS) is 11.1. The maximum Gasteiger partial charge on any atom is 0.00669 e. The summed E-state index contributed by atoms with van der Waals surface area (Å²) >= 11 is 0. The molecule has 0 aliphatic heterocycles. The molecule has 0 saturated carbocycles. The summed E-state index contributed by atoms with van der Waals surface area (Å²) < 4.78 is 0. The van der Waals surface area contributed by atoms with Gasteiger partial charge in [-0.25, -0.2) is 0 Å². The highest BCUT2D eigenvalue weighted by Gasteiger charge is 2.04. The number of aryl methyl sites for hydroxylation is 1. The Kier molecular flexibility index (Phi) is 6.95. The highest BCUT2D eigenvalue weighted by Crippen LogP contribution is 2.06. The summed E-state index contributed by atoms with van der Waals surface area (Å²) in [6, 6.07) is 9.54. The van der Waals surface area contributed by atoms with Crippen molar-refractivity contribution in [2.75, 3.05) is 6.54 Å². The quantitative estimate of drug-likeness (QED) is 0.713. The Bertz CT molecular complexity index is 300. The van der Waals surface area contributed by atoms with Gasteiger partial charge in [0.15, 0.2) is 0 Å². The molecule has 0 fully saturated rings. The van der Waals surface area contributed by atoms with Crippen LogP contribution in [0.3, 0.4) is 0 Å². The molecule has 17 heavy (non-hydrogen) atoms. The molecular weight excluding hydrogens is 206 g/mol. The van der Waals surface area contributed by atoms with Crippen LogP contribution in [0.4, 0.5) is 0 Å². The van der Waals surface area contributed by atoms with Crippen molar-refractivity contribution in [3.8, 4) is 0 Å². The Morgan fingerprint density at radius 1 is 1.12 bits per heavy atom. The summed E-state index contributed by atoms with van der Waals surface area (Å²) in [6.45, 7) is 7.80. The lowest BCUT2D eigenvalue weighted by atomic mass is 10.1. The van der Waals surface area contributed by atoms with E-state index in [0.29, 0.717) is 0 Å². The second-order valence-corrected chi connectivity index (χ2v) is 4.97. The third-order valence-corrected chi connectivity index (χ3v) is 3.20. The lowest BCUT2D eigenvalue weighted by Gasteiger charge is -2.17. The van der Waals surface area contributed by atoms with Crippen LogP contribution in [0.5, 0.6) is 0 Å². The lowest BCUT2D eigenvalue weighted by molar-refractivity contribution is 0.447. The Labute approximate surface area is 107 Å². The van der Waals surface area contributed by atoms with E-state index in [-0.39, 0.29) is 0 Å². The van der Waals surface area contributed by atoms with Crippen LogP contribution in [0, 0.1) is 6.92 Å². The van der Waals surface area contributed by atoms with Crippen molar-refractivity contribution < 1.29 is 0 Å².